The Bertz CT molecular complexity index is 478. The second-order valence-corrected chi connectivity index (χ2v) is 4.75. The summed E-state index contributed by atoms with van der Waals surface area (Å²) in [5.74, 6) is -1.30. The molecule has 0 aliphatic carbocycles. The number of nitrogens with zero attached hydrogens (tertiary/aromatic N) is 3. The molecule has 1 aliphatic rings. The van der Waals surface area contributed by atoms with Crippen LogP contribution in [0.1, 0.15) is 19.2 Å². The zero-order valence-corrected chi connectivity index (χ0v) is 11.7. The summed E-state index contributed by atoms with van der Waals surface area (Å²) < 4.78 is 9.80. The Balaban J connectivity index is 1.99. The maximum Gasteiger partial charge on any atom is 0.318 e. The van der Waals surface area contributed by atoms with E-state index in [4.69, 9.17) is 4.74 Å². The smallest absolute Gasteiger partial charge is 0.318 e. The Morgan fingerprint density at radius 2 is 2.33 bits per heavy atom. The van der Waals surface area contributed by atoms with Gasteiger partial charge in [0.15, 0.2) is 5.82 Å². The number of carbonyl (C=O) groups is 2. The zero-order chi connectivity index (χ0) is 15.2. The van der Waals surface area contributed by atoms with Gasteiger partial charge in [-0.15, -0.1) is 0 Å². The van der Waals surface area contributed by atoms with Gasteiger partial charge in [-0.25, -0.2) is 4.79 Å². The van der Waals surface area contributed by atoms with Crippen LogP contribution in [0, 0.1) is 5.92 Å². The summed E-state index contributed by atoms with van der Waals surface area (Å²) in [5.41, 5.74) is 0. The predicted octanol–water partition coefficient (Wildman–Crippen LogP) is 0.0908. The van der Waals surface area contributed by atoms with Crippen LogP contribution in [0.2, 0.25) is 0 Å². The summed E-state index contributed by atoms with van der Waals surface area (Å²) in [4.78, 5) is 28.8. The van der Waals surface area contributed by atoms with Crippen molar-refractivity contribution >= 4 is 12.0 Å². The highest BCUT2D eigenvalue weighted by Crippen LogP contribution is 2.20. The molecule has 2 amide bonds. The molecule has 21 heavy (non-hydrogen) atoms. The molecule has 2 rings (SSSR count). The normalized spacial score (nSPS) is 21.2. The first-order valence-electron chi connectivity index (χ1n) is 6.73. The summed E-state index contributed by atoms with van der Waals surface area (Å²) >= 11 is 0. The van der Waals surface area contributed by atoms with Crippen molar-refractivity contribution in [3.05, 3.63) is 12.2 Å². The number of aromatic nitrogens is 2. The van der Waals surface area contributed by atoms with E-state index < -0.39 is 17.9 Å². The van der Waals surface area contributed by atoms with Gasteiger partial charge in [0, 0.05) is 6.54 Å². The van der Waals surface area contributed by atoms with E-state index in [1.54, 1.807) is 0 Å². The van der Waals surface area contributed by atoms with Crippen LogP contribution in [0.3, 0.4) is 0 Å². The second-order valence-electron chi connectivity index (χ2n) is 4.75. The highest BCUT2D eigenvalue weighted by Gasteiger charge is 2.39. The number of rotatable bonds is 6. The Morgan fingerprint density at radius 3 is 2.95 bits per heavy atom. The van der Waals surface area contributed by atoms with Gasteiger partial charge < -0.3 is 24.6 Å². The van der Waals surface area contributed by atoms with Gasteiger partial charge in [-0.05, 0) is 6.42 Å². The van der Waals surface area contributed by atoms with Gasteiger partial charge in [0.25, 0.3) is 0 Å². The fourth-order valence-electron chi connectivity index (χ4n) is 2.27. The zero-order valence-electron chi connectivity index (χ0n) is 11.7. The quantitative estimate of drug-likeness (QED) is 0.764. The van der Waals surface area contributed by atoms with E-state index in [0.717, 1.165) is 6.42 Å². The fourth-order valence-corrected chi connectivity index (χ4v) is 2.27. The van der Waals surface area contributed by atoms with Gasteiger partial charge >= 0.3 is 12.0 Å². The number of nitrogens with one attached hydrogen (secondary N) is 1. The predicted molar refractivity (Wildman–Crippen MR) is 69.3 cm³/mol. The second kappa shape index (κ2) is 7.02. The maximum atomic E-state index is 12.3. The molecule has 9 heteroatoms. The topological polar surface area (TPSA) is 118 Å². The van der Waals surface area contributed by atoms with E-state index in [9.17, 15) is 14.7 Å². The molecule has 2 unspecified atom stereocenters. The minimum absolute atomic E-state index is 0.123. The van der Waals surface area contributed by atoms with Crippen molar-refractivity contribution in [2.75, 3.05) is 19.8 Å². The van der Waals surface area contributed by atoms with Crippen LogP contribution in [0.4, 0.5) is 4.79 Å². The highest BCUT2D eigenvalue weighted by atomic mass is 16.5. The summed E-state index contributed by atoms with van der Waals surface area (Å²) in [6, 6.07) is -0.823. The van der Waals surface area contributed by atoms with Crippen LogP contribution in [-0.4, -0.2) is 57.9 Å². The number of hydrogen-bond donors (Lipinski definition) is 2. The molecule has 1 aliphatic heterocycles. The largest absolute Gasteiger partial charge is 0.481 e. The number of amides is 2. The molecule has 2 atom stereocenters. The molecule has 0 radical (unpaired) electrons. The van der Waals surface area contributed by atoms with Gasteiger partial charge in [-0.2, -0.15) is 4.98 Å². The van der Waals surface area contributed by atoms with E-state index in [1.165, 1.54) is 11.3 Å². The summed E-state index contributed by atoms with van der Waals surface area (Å²) in [6.45, 7) is 2.85. The maximum absolute atomic E-state index is 12.3. The molecule has 1 aromatic rings. The van der Waals surface area contributed by atoms with Crippen molar-refractivity contribution in [1.29, 1.82) is 0 Å². The standard InChI is InChI=1S/C12H18N4O5/c1-2-3-16(9-6-20-5-8(9)11(17)18)12(19)13-4-10-14-7-21-15-10/h7-9H,2-6H2,1H3,(H,13,19)(H,17,18). The molecule has 9 nitrogen and oxygen atoms in total. The van der Waals surface area contributed by atoms with Crippen LogP contribution in [0.5, 0.6) is 0 Å². The molecule has 1 aromatic heterocycles. The summed E-state index contributed by atoms with van der Waals surface area (Å²) in [6.07, 6.45) is 1.90. The van der Waals surface area contributed by atoms with Crippen LogP contribution in [0.15, 0.2) is 10.9 Å². The number of aliphatic carboxylic acids is 1. The SMILES string of the molecule is CCCN(C(=O)NCc1ncon1)C1COCC1C(=O)O. The van der Waals surface area contributed by atoms with E-state index >= 15 is 0 Å². The Hall–Kier alpha value is -2.16. The minimum atomic E-state index is -0.954. The van der Waals surface area contributed by atoms with Crippen LogP contribution >= 0.6 is 0 Å². The lowest BCUT2D eigenvalue weighted by molar-refractivity contribution is -0.142. The van der Waals surface area contributed by atoms with E-state index in [1.807, 2.05) is 6.92 Å². The van der Waals surface area contributed by atoms with Crippen molar-refractivity contribution in [3.8, 4) is 0 Å². The number of carboxylic acid groups (broad SMARTS) is 1. The highest BCUT2D eigenvalue weighted by molar-refractivity contribution is 5.77. The van der Waals surface area contributed by atoms with Crippen molar-refractivity contribution in [1.82, 2.24) is 20.4 Å². The first-order chi connectivity index (χ1) is 10.1. The first kappa shape index (κ1) is 15.2. The molecule has 116 valence electrons. The van der Waals surface area contributed by atoms with E-state index in [2.05, 4.69) is 20.0 Å². The average Bonchev–Trinajstić information content (AvgIpc) is 3.12. The number of carbonyl (C=O) groups excluding carboxylic acids is 1. The molecule has 1 fully saturated rings. The van der Waals surface area contributed by atoms with Gasteiger partial charge in [0.1, 0.15) is 5.92 Å². The molecule has 2 heterocycles. The summed E-state index contributed by atoms with van der Waals surface area (Å²) in [7, 11) is 0. The minimum Gasteiger partial charge on any atom is -0.481 e. The van der Waals surface area contributed by atoms with E-state index in [-0.39, 0.29) is 25.8 Å². The van der Waals surface area contributed by atoms with Crippen LogP contribution in [-0.2, 0) is 16.1 Å². The third-order valence-electron chi connectivity index (χ3n) is 3.30. The number of urea groups is 1. The monoisotopic (exact) mass is 298 g/mol. The number of carboxylic acids is 1. The van der Waals surface area contributed by atoms with Crippen molar-refractivity contribution in [3.63, 3.8) is 0 Å². The van der Waals surface area contributed by atoms with Gasteiger partial charge in [0.05, 0.1) is 25.8 Å². The van der Waals surface area contributed by atoms with Crippen LogP contribution < -0.4 is 5.32 Å². The Labute approximate surface area is 121 Å². The molecule has 1 saturated heterocycles. The van der Waals surface area contributed by atoms with Gasteiger partial charge in [-0.1, -0.05) is 12.1 Å². The molecule has 0 aromatic carbocycles. The summed E-state index contributed by atoms with van der Waals surface area (Å²) in [5, 5.41) is 15.4. The number of hydrogen-bond acceptors (Lipinski definition) is 6. The lowest BCUT2D eigenvalue weighted by Gasteiger charge is -2.30. The Morgan fingerprint density at radius 1 is 1.52 bits per heavy atom. The van der Waals surface area contributed by atoms with Gasteiger partial charge in [-0.3, -0.25) is 4.79 Å². The molecule has 2 N–H and O–H groups in total. The fraction of sp³-hybridized carbons (Fsp3) is 0.667. The molecule has 0 saturated carbocycles. The van der Waals surface area contributed by atoms with Crippen molar-refractivity contribution in [2.24, 2.45) is 5.92 Å². The molecular formula is C12H18N4O5. The lowest BCUT2D eigenvalue weighted by atomic mass is 10.0. The molecular weight excluding hydrogens is 280 g/mol. The Kier molecular flexibility index (Phi) is 5.09. The first-order valence-corrected chi connectivity index (χ1v) is 6.73. The average molecular weight is 298 g/mol. The van der Waals surface area contributed by atoms with Gasteiger partial charge in [0.2, 0.25) is 6.39 Å². The third kappa shape index (κ3) is 3.69. The third-order valence-corrected chi connectivity index (χ3v) is 3.30. The van der Waals surface area contributed by atoms with Crippen molar-refractivity contribution in [2.45, 2.75) is 25.9 Å². The lowest BCUT2D eigenvalue weighted by Crippen LogP contribution is -2.50. The van der Waals surface area contributed by atoms with Crippen LogP contribution in [0.25, 0.3) is 0 Å². The molecule has 0 bridgehead atoms. The van der Waals surface area contributed by atoms with E-state index in [0.29, 0.717) is 12.4 Å². The number of ether oxygens (including phenoxy) is 1. The van der Waals surface area contributed by atoms with Crippen molar-refractivity contribution < 1.29 is 24.0 Å². The molecule has 0 spiro atoms.